The van der Waals surface area contributed by atoms with Gasteiger partial charge < -0.3 is 9.84 Å². The molecule has 0 fully saturated rings. The molecule has 1 aliphatic carbocycles. The van der Waals surface area contributed by atoms with Crippen molar-refractivity contribution >= 4 is 11.7 Å². The maximum absolute atomic E-state index is 12.3. The Morgan fingerprint density at radius 2 is 2.05 bits per heavy atom. The number of aromatic nitrogens is 3. The molecule has 0 radical (unpaired) electrons. The van der Waals surface area contributed by atoms with Crippen molar-refractivity contribution in [2.75, 3.05) is 5.32 Å². The van der Waals surface area contributed by atoms with E-state index in [1.165, 1.54) is 12.8 Å². The molecule has 6 nitrogen and oxygen atoms in total. The molecule has 2 N–H and O–H groups in total. The van der Waals surface area contributed by atoms with E-state index in [9.17, 15) is 4.79 Å². The molecule has 0 saturated heterocycles. The van der Waals surface area contributed by atoms with Crippen LogP contribution in [0.15, 0.2) is 4.52 Å². The highest BCUT2D eigenvalue weighted by atomic mass is 16.5. The third kappa shape index (κ3) is 2.21. The number of aromatic amines is 1. The number of amides is 1. The van der Waals surface area contributed by atoms with Gasteiger partial charge in [-0.05, 0) is 39.5 Å². The second-order valence-corrected chi connectivity index (χ2v) is 5.24. The Morgan fingerprint density at radius 1 is 1.25 bits per heavy atom. The number of hydrogen-bond donors (Lipinski definition) is 2. The van der Waals surface area contributed by atoms with Crippen LogP contribution in [0.1, 0.15) is 52.3 Å². The summed E-state index contributed by atoms with van der Waals surface area (Å²) in [6.07, 6.45) is 5.50. The van der Waals surface area contributed by atoms with Crippen molar-refractivity contribution in [2.24, 2.45) is 0 Å². The first-order chi connectivity index (χ1) is 9.66. The predicted octanol–water partition coefficient (Wildman–Crippen LogP) is 2.54. The minimum absolute atomic E-state index is 0.209. The number of fused-ring (bicyclic) bond motifs is 1. The summed E-state index contributed by atoms with van der Waals surface area (Å²) in [7, 11) is 0. The summed E-state index contributed by atoms with van der Waals surface area (Å²) in [5, 5.41) is 14.0. The number of H-pyrrole nitrogens is 1. The molecule has 0 aliphatic heterocycles. The van der Waals surface area contributed by atoms with E-state index in [1.807, 2.05) is 0 Å². The van der Waals surface area contributed by atoms with Crippen LogP contribution in [0, 0.1) is 13.8 Å². The van der Waals surface area contributed by atoms with Crippen LogP contribution in [-0.4, -0.2) is 21.3 Å². The van der Waals surface area contributed by atoms with Gasteiger partial charge in [-0.15, -0.1) is 0 Å². The normalized spacial score (nSPS) is 14.7. The highest BCUT2D eigenvalue weighted by molar-refractivity contribution is 6.05. The van der Waals surface area contributed by atoms with E-state index < -0.39 is 0 Å². The van der Waals surface area contributed by atoms with Gasteiger partial charge in [0.1, 0.15) is 11.3 Å². The zero-order valence-corrected chi connectivity index (χ0v) is 11.7. The van der Waals surface area contributed by atoms with Gasteiger partial charge in [-0.2, -0.15) is 5.10 Å². The molecule has 0 spiro atoms. The molecule has 106 valence electrons. The molecule has 2 aromatic rings. The summed E-state index contributed by atoms with van der Waals surface area (Å²) in [6, 6.07) is 0. The van der Waals surface area contributed by atoms with Crippen LogP contribution in [0.5, 0.6) is 0 Å². The lowest BCUT2D eigenvalue weighted by Gasteiger charge is -2.04. The van der Waals surface area contributed by atoms with Gasteiger partial charge >= 0.3 is 0 Å². The fraction of sp³-hybridized carbons (Fsp3) is 0.500. The monoisotopic (exact) mass is 274 g/mol. The summed E-state index contributed by atoms with van der Waals surface area (Å²) < 4.78 is 5.03. The number of nitrogens with zero attached hydrogens (tertiary/aromatic N) is 2. The van der Waals surface area contributed by atoms with E-state index in [1.54, 1.807) is 13.8 Å². The second kappa shape index (κ2) is 5.11. The third-order valence-corrected chi connectivity index (χ3v) is 3.80. The van der Waals surface area contributed by atoms with Crippen LogP contribution in [0.4, 0.5) is 5.82 Å². The van der Waals surface area contributed by atoms with Crippen LogP contribution < -0.4 is 5.32 Å². The Kier molecular flexibility index (Phi) is 3.30. The molecule has 1 amide bonds. The maximum atomic E-state index is 12.3. The first kappa shape index (κ1) is 12.9. The lowest BCUT2D eigenvalue weighted by atomic mass is 10.1. The third-order valence-electron chi connectivity index (χ3n) is 3.80. The van der Waals surface area contributed by atoms with Crippen molar-refractivity contribution in [3.8, 4) is 0 Å². The standard InChI is InChI=1S/C14H18N4O2/c1-8-12(9(2)20-18-8)14(19)15-13-10-6-4-3-5-7-11(10)16-17-13/h3-7H2,1-2H3,(H2,15,16,17,19). The van der Waals surface area contributed by atoms with Crippen LogP contribution >= 0.6 is 0 Å². The number of carbonyl (C=O) groups is 1. The lowest BCUT2D eigenvalue weighted by Crippen LogP contribution is -2.15. The summed E-state index contributed by atoms with van der Waals surface area (Å²) in [5.41, 5.74) is 3.39. The average Bonchev–Trinajstić information content (AvgIpc) is 2.85. The Labute approximate surface area is 116 Å². The van der Waals surface area contributed by atoms with Crippen molar-refractivity contribution in [3.05, 3.63) is 28.3 Å². The highest BCUT2D eigenvalue weighted by Crippen LogP contribution is 2.25. The van der Waals surface area contributed by atoms with Crippen LogP contribution in [-0.2, 0) is 12.8 Å². The van der Waals surface area contributed by atoms with Crippen LogP contribution in [0.25, 0.3) is 0 Å². The zero-order valence-electron chi connectivity index (χ0n) is 11.7. The molecule has 20 heavy (non-hydrogen) atoms. The van der Waals surface area contributed by atoms with E-state index >= 15 is 0 Å². The van der Waals surface area contributed by atoms with Crippen molar-refractivity contribution in [3.63, 3.8) is 0 Å². The van der Waals surface area contributed by atoms with Crippen molar-refractivity contribution in [1.82, 2.24) is 15.4 Å². The van der Waals surface area contributed by atoms with Crippen LogP contribution in [0.3, 0.4) is 0 Å². The molecular weight excluding hydrogens is 256 g/mol. The Morgan fingerprint density at radius 3 is 2.80 bits per heavy atom. The molecular formula is C14H18N4O2. The lowest BCUT2D eigenvalue weighted by molar-refractivity contribution is 0.102. The SMILES string of the molecule is Cc1noc(C)c1C(=O)Nc1n[nH]c2c1CCCCC2. The molecule has 0 unspecified atom stereocenters. The predicted molar refractivity (Wildman–Crippen MR) is 73.8 cm³/mol. The fourth-order valence-corrected chi connectivity index (χ4v) is 2.74. The summed E-state index contributed by atoms with van der Waals surface area (Å²) in [4.78, 5) is 12.3. The minimum Gasteiger partial charge on any atom is -0.361 e. The Bertz CT molecular complexity index is 622. The van der Waals surface area contributed by atoms with E-state index in [0.29, 0.717) is 22.8 Å². The van der Waals surface area contributed by atoms with Crippen molar-refractivity contribution in [2.45, 2.75) is 46.0 Å². The van der Waals surface area contributed by atoms with Gasteiger partial charge in [0, 0.05) is 11.3 Å². The summed E-state index contributed by atoms with van der Waals surface area (Å²) in [6.45, 7) is 3.50. The molecule has 6 heteroatoms. The second-order valence-electron chi connectivity index (χ2n) is 5.24. The van der Waals surface area contributed by atoms with E-state index in [4.69, 9.17) is 4.52 Å². The fourth-order valence-electron chi connectivity index (χ4n) is 2.74. The van der Waals surface area contributed by atoms with Gasteiger partial charge in [0.05, 0.1) is 5.69 Å². The molecule has 2 heterocycles. The van der Waals surface area contributed by atoms with E-state index in [0.717, 1.165) is 30.5 Å². The number of rotatable bonds is 2. The molecule has 0 bridgehead atoms. The topological polar surface area (TPSA) is 83.8 Å². The number of carbonyl (C=O) groups excluding carboxylic acids is 1. The van der Waals surface area contributed by atoms with Crippen molar-refractivity contribution < 1.29 is 9.32 Å². The number of aryl methyl sites for hydroxylation is 3. The summed E-state index contributed by atoms with van der Waals surface area (Å²) >= 11 is 0. The molecule has 3 rings (SSSR count). The minimum atomic E-state index is -0.209. The van der Waals surface area contributed by atoms with E-state index in [-0.39, 0.29) is 5.91 Å². The van der Waals surface area contributed by atoms with E-state index in [2.05, 4.69) is 20.7 Å². The zero-order chi connectivity index (χ0) is 14.1. The molecule has 0 aromatic carbocycles. The molecule has 1 aliphatic rings. The molecule has 2 aromatic heterocycles. The van der Waals surface area contributed by atoms with Gasteiger partial charge in [-0.3, -0.25) is 9.89 Å². The number of hydrogen-bond acceptors (Lipinski definition) is 4. The van der Waals surface area contributed by atoms with Gasteiger partial charge in [0.15, 0.2) is 5.82 Å². The van der Waals surface area contributed by atoms with Gasteiger partial charge in [0.25, 0.3) is 5.91 Å². The maximum Gasteiger partial charge on any atom is 0.262 e. The van der Waals surface area contributed by atoms with Crippen molar-refractivity contribution in [1.29, 1.82) is 0 Å². The summed E-state index contributed by atoms with van der Waals surface area (Å²) in [5.74, 6) is 0.966. The van der Waals surface area contributed by atoms with Crippen LogP contribution in [0.2, 0.25) is 0 Å². The number of nitrogens with one attached hydrogen (secondary N) is 2. The van der Waals surface area contributed by atoms with Gasteiger partial charge in [-0.25, -0.2) is 0 Å². The quantitative estimate of drug-likeness (QED) is 0.824. The van der Waals surface area contributed by atoms with Gasteiger partial charge in [0.2, 0.25) is 0 Å². The Hall–Kier alpha value is -2.11. The average molecular weight is 274 g/mol. The first-order valence-electron chi connectivity index (χ1n) is 6.97. The number of anilines is 1. The molecule has 0 atom stereocenters. The Balaban J connectivity index is 1.85. The van der Waals surface area contributed by atoms with Gasteiger partial charge in [-0.1, -0.05) is 11.6 Å². The molecule has 0 saturated carbocycles. The smallest absolute Gasteiger partial charge is 0.262 e. The largest absolute Gasteiger partial charge is 0.361 e. The first-order valence-corrected chi connectivity index (χ1v) is 6.97. The highest BCUT2D eigenvalue weighted by Gasteiger charge is 2.21.